The normalized spacial score (nSPS) is 16.1. The van der Waals surface area contributed by atoms with E-state index in [1.165, 1.54) is 56.3 Å². The van der Waals surface area contributed by atoms with Crippen molar-refractivity contribution in [3.8, 4) is 5.75 Å². The van der Waals surface area contributed by atoms with Gasteiger partial charge in [0.15, 0.2) is 0 Å². The third-order valence-electron chi connectivity index (χ3n) is 19.6. The average molecular weight is 1630 g/mol. The summed E-state index contributed by atoms with van der Waals surface area (Å²) in [5.74, 6) is -12.6. The maximum absolute atomic E-state index is 15.1. The van der Waals surface area contributed by atoms with Crippen LogP contribution in [0.1, 0.15) is 124 Å². The Bertz CT molecular complexity index is 4410. The van der Waals surface area contributed by atoms with Crippen molar-refractivity contribution < 1.29 is 87.5 Å². The van der Waals surface area contributed by atoms with Crippen LogP contribution in [0.15, 0.2) is 97.7 Å². The van der Waals surface area contributed by atoms with Gasteiger partial charge in [-0.1, -0.05) is 90.1 Å². The van der Waals surface area contributed by atoms with Crippen molar-refractivity contribution in [3.63, 3.8) is 0 Å². The van der Waals surface area contributed by atoms with Crippen molar-refractivity contribution in [1.29, 1.82) is 0 Å². The highest BCUT2D eigenvalue weighted by Gasteiger charge is 2.40. The molecule has 0 spiro atoms. The van der Waals surface area contributed by atoms with Gasteiger partial charge in [0, 0.05) is 78.7 Å². The third-order valence-corrected chi connectivity index (χ3v) is 19.6. The summed E-state index contributed by atoms with van der Waals surface area (Å²) in [4.78, 5) is 211. The van der Waals surface area contributed by atoms with E-state index in [9.17, 15) is 82.8 Å². The van der Waals surface area contributed by atoms with Crippen LogP contribution in [0.3, 0.4) is 0 Å². The Morgan fingerprint density at radius 1 is 0.479 bits per heavy atom. The van der Waals surface area contributed by atoms with Gasteiger partial charge in [-0.3, -0.25) is 67.1 Å². The quantitative estimate of drug-likeness (QED) is 0.0193. The van der Waals surface area contributed by atoms with Gasteiger partial charge >= 0.3 is 0 Å². The fourth-order valence-corrected chi connectivity index (χ4v) is 13.4. The number of aliphatic hydroxyl groups excluding tert-OH is 3. The lowest BCUT2D eigenvalue weighted by Crippen LogP contribution is -2.61. The van der Waals surface area contributed by atoms with Crippen LogP contribution in [0.4, 0.5) is 0 Å². The molecule has 1 fully saturated rings. The van der Waals surface area contributed by atoms with Crippen LogP contribution in [0.25, 0.3) is 21.8 Å². The fraction of sp³-hybridized carbons (Fsp3) is 0.512. The number of nitrogens with two attached hydrogens (primary N) is 1. The molecule has 4 heterocycles. The zero-order valence-electron chi connectivity index (χ0n) is 67.4. The zero-order chi connectivity index (χ0) is 85.9. The summed E-state index contributed by atoms with van der Waals surface area (Å²) < 4.78 is 0. The van der Waals surface area contributed by atoms with E-state index in [2.05, 4.69) is 89.1 Å². The topological polar surface area (TPSA) is 566 Å². The van der Waals surface area contributed by atoms with Gasteiger partial charge in [0.2, 0.25) is 82.7 Å². The molecule has 6 aromatic rings. The monoisotopic (exact) mass is 1630 g/mol. The fourth-order valence-electron chi connectivity index (χ4n) is 13.4. The van der Waals surface area contributed by atoms with Crippen molar-refractivity contribution in [3.05, 3.63) is 120 Å². The average Bonchev–Trinajstić information content (AvgIpc) is 1.51. The van der Waals surface area contributed by atoms with Crippen molar-refractivity contribution in [2.75, 3.05) is 32.8 Å². The number of carbonyl (C=O) groups is 14. The van der Waals surface area contributed by atoms with E-state index in [-0.39, 0.29) is 88.0 Å². The Morgan fingerprint density at radius 3 is 1.43 bits per heavy atom. The molecule has 14 amide bonds. The number of imidazole rings is 1. The number of aromatic amines is 3. The first kappa shape index (κ1) is 92.3. The number of fused-ring (bicyclic) bond motifs is 2. The Morgan fingerprint density at radius 2 is 0.923 bits per heavy atom. The smallest absolute Gasteiger partial charge is 0.245 e. The number of aliphatic hydroxyl groups is 3. The standard InChI is InChI=1S/C80H113N19O18/c1-41(2)26-57(71(108)85-37-67(105)99-25-15-20-65(99)79(116)95-63(32-51-36-82-40-86-51)72(109)87-44(7)38-100)92-74(111)59(28-43(5)6)93-75(112)60(29-48-21-23-52(103)24-22-48)94-76(113)62(31-50-35-84-56-19-14-12-17-54(50)56)91-69(106)45(8)89-78(115)64(39-101)97-70(107)46(9)88-73(110)58(27-42(3)4)96-80(117)68(47(10)102)98-77(114)61(90-66(104)33-81)30-49-34-83-55-18-13-11-16-53(49)55/h11-14,16-19,21-24,34-36,40-47,57-65,68,83-84,100-103H,15,20,25-33,37-39,81H2,1-10H3,(H,82,86)(H,85,108)(H,87,109)(H,88,110)(H,89,115)(H,90,104)(H,91,106)(H,92,111)(H,93,112)(H,94,113)(H,95,116)(H,96,117)(H,97,107)(H,98,114)/t44?,45-,46-,47+,57-,58-,59-,60-,61-,62+,63-,64-,65-,68-/m0/s1. The molecule has 117 heavy (non-hydrogen) atoms. The number of benzene rings is 3. The molecule has 7 rings (SSSR count). The lowest BCUT2D eigenvalue weighted by atomic mass is 9.98. The summed E-state index contributed by atoms with van der Waals surface area (Å²) in [7, 11) is 0. The second-order valence-corrected chi connectivity index (χ2v) is 30.8. The van der Waals surface area contributed by atoms with E-state index in [1.54, 1.807) is 97.4 Å². The number of aromatic nitrogens is 4. The van der Waals surface area contributed by atoms with E-state index >= 15 is 4.79 Å². The first-order valence-corrected chi connectivity index (χ1v) is 39.2. The Kier molecular flexibility index (Phi) is 35.0. The number of amides is 14. The predicted octanol–water partition coefficient (Wildman–Crippen LogP) is -2.20. The molecule has 14 atom stereocenters. The molecule has 22 N–H and O–H groups in total. The van der Waals surface area contributed by atoms with Crippen LogP contribution in [0, 0.1) is 17.8 Å². The number of hydrogen-bond donors (Lipinski definition) is 21. The number of aromatic hydroxyl groups is 1. The van der Waals surface area contributed by atoms with Crippen LogP contribution in [-0.4, -0.2) is 245 Å². The van der Waals surface area contributed by atoms with Crippen LogP contribution >= 0.6 is 0 Å². The van der Waals surface area contributed by atoms with E-state index in [0.717, 1.165) is 10.9 Å². The molecule has 1 aliphatic heterocycles. The van der Waals surface area contributed by atoms with Gasteiger partial charge in [0.25, 0.3) is 0 Å². The van der Waals surface area contributed by atoms with Gasteiger partial charge in [0.1, 0.15) is 78.3 Å². The number of nitrogens with one attached hydrogen (secondary N) is 16. The highest BCUT2D eigenvalue weighted by atomic mass is 16.3. The largest absolute Gasteiger partial charge is 0.508 e. The Balaban J connectivity index is 1.01. The van der Waals surface area contributed by atoms with Crippen molar-refractivity contribution >= 4 is 105 Å². The summed E-state index contributed by atoms with van der Waals surface area (Å²) in [6.45, 7) is 13.7. The second-order valence-electron chi connectivity index (χ2n) is 30.8. The maximum atomic E-state index is 15.1. The van der Waals surface area contributed by atoms with Gasteiger partial charge in [-0.05, 0) is 119 Å². The highest BCUT2D eigenvalue weighted by Crippen LogP contribution is 2.24. The number of rotatable bonds is 44. The molecule has 0 bridgehead atoms. The number of carbonyl (C=O) groups excluding carboxylic acids is 14. The van der Waals surface area contributed by atoms with Gasteiger partial charge in [-0.2, -0.15) is 0 Å². The first-order valence-electron chi connectivity index (χ1n) is 39.2. The van der Waals surface area contributed by atoms with E-state index in [4.69, 9.17) is 5.73 Å². The third kappa shape index (κ3) is 27.7. The van der Waals surface area contributed by atoms with Gasteiger partial charge in [0.05, 0.1) is 44.4 Å². The lowest BCUT2D eigenvalue weighted by molar-refractivity contribution is -0.140. The number of phenols is 1. The zero-order valence-corrected chi connectivity index (χ0v) is 67.4. The molecule has 1 unspecified atom stereocenters. The number of phenolic OH excluding ortho intramolecular Hbond substituents is 1. The Labute approximate surface area is 677 Å². The van der Waals surface area contributed by atoms with E-state index in [1.807, 2.05) is 18.2 Å². The molecular formula is C80H113N19O18. The molecule has 3 aromatic carbocycles. The SMILES string of the molecule is CC(C)C[C@H](NC(=O)[C@H](CC(C)C)NC(=O)[C@H](Cc1ccc(O)cc1)NC(=O)[C@@H](Cc1c[nH]c2ccccc12)NC(=O)[C@H](C)NC(=O)[C@H](CO)NC(=O)[C@H](C)NC(=O)[C@H](CC(C)C)NC(=O)[C@@H](NC(=O)[C@H](Cc1c[nH]c2ccccc12)NC(=O)CN)[C@@H](C)O)C(=O)NCC(=O)N1CCC[C@H]1C(=O)N[C@@H](Cc1c[nH]cn1)C(=O)NC(C)CO. The molecule has 0 aliphatic carbocycles. The molecule has 0 saturated carbocycles. The predicted molar refractivity (Wildman–Crippen MR) is 429 cm³/mol. The summed E-state index contributed by atoms with van der Waals surface area (Å²) in [6, 6.07) is 2.51. The van der Waals surface area contributed by atoms with Crippen LogP contribution in [-0.2, 0) is 92.8 Å². The van der Waals surface area contributed by atoms with Crippen LogP contribution < -0.4 is 74.9 Å². The molecular weight excluding hydrogens is 1510 g/mol. The van der Waals surface area contributed by atoms with Crippen molar-refractivity contribution in [1.82, 2.24) is 94.0 Å². The summed E-state index contributed by atoms with van der Waals surface area (Å²) in [6.07, 6.45) is 4.90. The first-order chi connectivity index (χ1) is 55.6. The molecule has 636 valence electrons. The molecule has 1 saturated heterocycles. The van der Waals surface area contributed by atoms with Crippen molar-refractivity contribution in [2.24, 2.45) is 23.5 Å². The minimum absolute atomic E-state index is 0.00319. The highest BCUT2D eigenvalue weighted by molar-refractivity contribution is 6.01. The molecule has 37 nitrogen and oxygen atoms in total. The second kappa shape index (κ2) is 44.3. The molecule has 3 aromatic heterocycles. The lowest BCUT2D eigenvalue weighted by Gasteiger charge is -2.28. The Hall–Kier alpha value is -11.8. The van der Waals surface area contributed by atoms with Gasteiger partial charge < -0.3 is 115 Å². The molecule has 0 radical (unpaired) electrons. The number of likely N-dealkylation sites (tertiary alicyclic amines) is 1. The van der Waals surface area contributed by atoms with E-state index < -0.39 is 187 Å². The van der Waals surface area contributed by atoms with Crippen LogP contribution in [0.2, 0.25) is 0 Å². The molecule has 1 aliphatic rings. The minimum Gasteiger partial charge on any atom is -0.508 e. The molecule has 37 heteroatoms. The van der Waals surface area contributed by atoms with Crippen molar-refractivity contribution in [2.45, 2.75) is 212 Å². The minimum atomic E-state index is -1.76. The number of H-pyrrole nitrogens is 3. The summed E-state index contributed by atoms with van der Waals surface area (Å²) in [5, 5.41) is 76.4. The van der Waals surface area contributed by atoms with Gasteiger partial charge in [-0.15, -0.1) is 0 Å². The number of hydrogen-bond acceptors (Lipinski definition) is 20. The van der Waals surface area contributed by atoms with Crippen LogP contribution in [0.5, 0.6) is 5.75 Å². The number of nitrogens with zero attached hydrogens (tertiary/aromatic N) is 2. The number of para-hydroxylation sites is 2. The summed E-state index contributed by atoms with van der Waals surface area (Å²) >= 11 is 0. The summed E-state index contributed by atoms with van der Waals surface area (Å²) in [5.41, 5.74) is 9.07. The van der Waals surface area contributed by atoms with E-state index in [0.29, 0.717) is 39.7 Å². The maximum Gasteiger partial charge on any atom is 0.245 e. The van der Waals surface area contributed by atoms with Gasteiger partial charge in [-0.25, -0.2) is 4.98 Å².